The van der Waals surface area contributed by atoms with Gasteiger partial charge in [0.1, 0.15) is 0 Å². The van der Waals surface area contributed by atoms with Crippen LogP contribution in [0.3, 0.4) is 0 Å². The molecule has 0 aliphatic carbocycles. The van der Waals surface area contributed by atoms with E-state index in [1.807, 2.05) is 13.0 Å². The van der Waals surface area contributed by atoms with Crippen LogP contribution in [0.1, 0.15) is 65.2 Å². The lowest BCUT2D eigenvalue weighted by Gasteiger charge is -2.26. The molecule has 21 heavy (non-hydrogen) atoms. The molecule has 0 bridgehead atoms. The fourth-order valence-electron chi connectivity index (χ4n) is 2.39. The Bertz CT molecular complexity index is 295. The SMILES string of the molecule is CCOC(=O)/C=C/CCCCC[C@@H](C)OC1CCCCO1. The number of allylic oxidation sites excluding steroid dienone is 1. The Labute approximate surface area is 128 Å². The molecule has 4 nitrogen and oxygen atoms in total. The average molecular weight is 298 g/mol. The van der Waals surface area contributed by atoms with Gasteiger partial charge in [0.25, 0.3) is 0 Å². The third kappa shape index (κ3) is 9.64. The Morgan fingerprint density at radius 1 is 1.33 bits per heavy atom. The van der Waals surface area contributed by atoms with Crippen LogP contribution in [0, 0.1) is 0 Å². The fraction of sp³-hybridized carbons (Fsp3) is 0.824. The summed E-state index contributed by atoms with van der Waals surface area (Å²) >= 11 is 0. The molecule has 0 N–H and O–H groups in total. The first-order valence-electron chi connectivity index (χ1n) is 8.32. The predicted molar refractivity (Wildman–Crippen MR) is 83.0 cm³/mol. The molecule has 1 heterocycles. The van der Waals surface area contributed by atoms with Gasteiger partial charge in [0.2, 0.25) is 0 Å². The van der Waals surface area contributed by atoms with Crippen LogP contribution in [0.25, 0.3) is 0 Å². The van der Waals surface area contributed by atoms with Crippen molar-refractivity contribution in [3.8, 4) is 0 Å². The molecule has 0 saturated carbocycles. The minimum Gasteiger partial charge on any atom is -0.463 e. The van der Waals surface area contributed by atoms with Crippen molar-refractivity contribution in [1.82, 2.24) is 0 Å². The van der Waals surface area contributed by atoms with Crippen LogP contribution in [0.2, 0.25) is 0 Å². The first-order chi connectivity index (χ1) is 10.2. The van der Waals surface area contributed by atoms with Crippen LogP contribution in [-0.4, -0.2) is 31.6 Å². The lowest BCUT2D eigenvalue weighted by Crippen LogP contribution is -2.26. The van der Waals surface area contributed by atoms with Crippen LogP contribution < -0.4 is 0 Å². The van der Waals surface area contributed by atoms with Crippen molar-refractivity contribution in [3.05, 3.63) is 12.2 Å². The minimum atomic E-state index is -0.244. The van der Waals surface area contributed by atoms with Gasteiger partial charge in [-0.1, -0.05) is 18.9 Å². The summed E-state index contributed by atoms with van der Waals surface area (Å²) in [6.07, 6.45) is 12.5. The predicted octanol–water partition coefficient (Wildman–Crippen LogP) is 3.99. The van der Waals surface area contributed by atoms with E-state index in [4.69, 9.17) is 14.2 Å². The van der Waals surface area contributed by atoms with E-state index in [0.717, 1.165) is 51.6 Å². The molecule has 1 aliphatic heterocycles. The minimum absolute atomic E-state index is 0.0151. The third-order valence-electron chi connectivity index (χ3n) is 3.54. The van der Waals surface area contributed by atoms with Gasteiger partial charge in [0.05, 0.1) is 12.7 Å². The number of carbonyl (C=O) groups is 1. The van der Waals surface area contributed by atoms with Gasteiger partial charge < -0.3 is 14.2 Å². The topological polar surface area (TPSA) is 44.8 Å². The molecule has 0 radical (unpaired) electrons. The number of hydrogen-bond acceptors (Lipinski definition) is 4. The largest absolute Gasteiger partial charge is 0.463 e. The first-order valence-corrected chi connectivity index (χ1v) is 8.32. The van der Waals surface area contributed by atoms with Crippen LogP contribution >= 0.6 is 0 Å². The van der Waals surface area contributed by atoms with Gasteiger partial charge in [0, 0.05) is 12.7 Å². The Morgan fingerprint density at radius 3 is 2.90 bits per heavy atom. The molecule has 1 saturated heterocycles. The first kappa shape index (κ1) is 18.2. The molecular weight excluding hydrogens is 268 g/mol. The van der Waals surface area contributed by atoms with E-state index in [1.165, 1.54) is 12.5 Å². The maximum absolute atomic E-state index is 11.1. The molecule has 0 aromatic carbocycles. The smallest absolute Gasteiger partial charge is 0.330 e. The lowest BCUT2D eigenvalue weighted by atomic mass is 10.1. The Hall–Kier alpha value is -0.870. The number of esters is 1. The summed E-state index contributed by atoms with van der Waals surface area (Å²) in [5.41, 5.74) is 0. The molecule has 0 aromatic rings. The second-order valence-corrected chi connectivity index (χ2v) is 5.54. The van der Waals surface area contributed by atoms with Crippen LogP contribution in [-0.2, 0) is 19.0 Å². The van der Waals surface area contributed by atoms with Gasteiger partial charge in [-0.05, 0) is 52.4 Å². The highest BCUT2D eigenvalue weighted by atomic mass is 16.7. The molecule has 1 aliphatic rings. The van der Waals surface area contributed by atoms with Gasteiger partial charge in [-0.3, -0.25) is 0 Å². The molecule has 0 spiro atoms. The zero-order chi connectivity index (χ0) is 15.3. The number of carbonyl (C=O) groups excluding carboxylic acids is 1. The second-order valence-electron chi connectivity index (χ2n) is 5.54. The highest BCUT2D eigenvalue weighted by Crippen LogP contribution is 2.17. The highest BCUT2D eigenvalue weighted by molar-refractivity contribution is 5.81. The van der Waals surface area contributed by atoms with Crippen LogP contribution in [0.4, 0.5) is 0 Å². The molecule has 1 rings (SSSR count). The maximum atomic E-state index is 11.1. The molecule has 0 aromatic heterocycles. The summed E-state index contributed by atoms with van der Waals surface area (Å²) < 4.78 is 16.3. The quantitative estimate of drug-likeness (QED) is 0.347. The molecule has 2 atom stereocenters. The van der Waals surface area contributed by atoms with E-state index in [1.54, 1.807) is 0 Å². The molecule has 1 fully saturated rings. The van der Waals surface area contributed by atoms with E-state index in [-0.39, 0.29) is 18.4 Å². The van der Waals surface area contributed by atoms with Crippen LogP contribution in [0.5, 0.6) is 0 Å². The lowest BCUT2D eigenvalue weighted by molar-refractivity contribution is -0.185. The van der Waals surface area contributed by atoms with Crippen molar-refractivity contribution < 1.29 is 19.0 Å². The zero-order valence-electron chi connectivity index (χ0n) is 13.5. The van der Waals surface area contributed by atoms with Gasteiger partial charge in [-0.2, -0.15) is 0 Å². The fourth-order valence-corrected chi connectivity index (χ4v) is 2.39. The number of unbranched alkanes of at least 4 members (excludes halogenated alkanes) is 3. The normalized spacial score (nSPS) is 20.6. The Kier molecular flexibility index (Phi) is 10.2. The van der Waals surface area contributed by atoms with E-state index >= 15 is 0 Å². The van der Waals surface area contributed by atoms with E-state index in [2.05, 4.69) is 6.92 Å². The van der Waals surface area contributed by atoms with Crippen LogP contribution in [0.15, 0.2) is 12.2 Å². The van der Waals surface area contributed by atoms with Crippen molar-refractivity contribution in [2.75, 3.05) is 13.2 Å². The molecule has 4 heteroatoms. The zero-order valence-corrected chi connectivity index (χ0v) is 13.5. The summed E-state index contributed by atoms with van der Waals surface area (Å²) in [5.74, 6) is -0.244. The van der Waals surface area contributed by atoms with Gasteiger partial charge in [-0.15, -0.1) is 0 Å². The Balaban J connectivity index is 1.94. The summed E-state index contributed by atoms with van der Waals surface area (Å²) in [6.45, 7) is 5.21. The average Bonchev–Trinajstić information content (AvgIpc) is 2.47. The van der Waals surface area contributed by atoms with E-state index in [9.17, 15) is 4.79 Å². The van der Waals surface area contributed by atoms with Gasteiger partial charge >= 0.3 is 5.97 Å². The second kappa shape index (κ2) is 11.8. The van der Waals surface area contributed by atoms with Crippen molar-refractivity contribution in [1.29, 1.82) is 0 Å². The Morgan fingerprint density at radius 2 is 2.19 bits per heavy atom. The summed E-state index contributed by atoms with van der Waals surface area (Å²) in [7, 11) is 0. The van der Waals surface area contributed by atoms with Crippen molar-refractivity contribution in [2.24, 2.45) is 0 Å². The number of rotatable bonds is 10. The number of hydrogen-bond donors (Lipinski definition) is 0. The van der Waals surface area contributed by atoms with Gasteiger partial charge in [-0.25, -0.2) is 4.79 Å². The van der Waals surface area contributed by atoms with Crippen molar-refractivity contribution in [3.63, 3.8) is 0 Å². The van der Waals surface area contributed by atoms with Crippen molar-refractivity contribution >= 4 is 5.97 Å². The summed E-state index contributed by atoms with van der Waals surface area (Å²) in [6, 6.07) is 0. The molecule has 0 amide bonds. The van der Waals surface area contributed by atoms with Gasteiger partial charge in [0.15, 0.2) is 6.29 Å². The third-order valence-corrected chi connectivity index (χ3v) is 3.54. The molecule has 1 unspecified atom stereocenters. The monoisotopic (exact) mass is 298 g/mol. The number of ether oxygens (including phenoxy) is 3. The van der Waals surface area contributed by atoms with E-state index < -0.39 is 0 Å². The standard InChI is InChI=1S/C17H30O4/c1-3-19-16(18)12-8-6-4-5-7-11-15(2)21-17-13-9-10-14-20-17/h8,12,15,17H,3-7,9-11,13-14H2,1-2H3/b12-8+/t15-,17?/m1/s1. The molecular formula is C17H30O4. The van der Waals surface area contributed by atoms with Crippen molar-refractivity contribution in [2.45, 2.75) is 77.6 Å². The van der Waals surface area contributed by atoms with E-state index in [0.29, 0.717) is 6.61 Å². The molecule has 122 valence electrons. The maximum Gasteiger partial charge on any atom is 0.330 e. The highest BCUT2D eigenvalue weighted by Gasteiger charge is 2.16. The summed E-state index contributed by atoms with van der Waals surface area (Å²) in [5, 5.41) is 0. The summed E-state index contributed by atoms with van der Waals surface area (Å²) in [4.78, 5) is 11.1.